The van der Waals surface area contributed by atoms with Crippen LogP contribution in [0.3, 0.4) is 0 Å². The van der Waals surface area contributed by atoms with Gasteiger partial charge in [-0.1, -0.05) is 19.1 Å². The Hall–Kier alpha value is -1.81. The van der Waals surface area contributed by atoms with Gasteiger partial charge < -0.3 is 14.8 Å². The average Bonchev–Trinajstić information content (AvgIpc) is 2.59. The second-order valence-corrected chi connectivity index (χ2v) is 6.92. The molecule has 2 rings (SSSR count). The van der Waals surface area contributed by atoms with E-state index in [1.54, 1.807) is 6.08 Å². The number of ether oxygens (including phenoxy) is 2. The zero-order valence-electron chi connectivity index (χ0n) is 15.1. The van der Waals surface area contributed by atoms with E-state index in [1.807, 2.05) is 38.1 Å². The molecule has 1 aliphatic rings. The average molecular weight is 332 g/mol. The van der Waals surface area contributed by atoms with Crippen LogP contribution in [0.5, 0.6) is 5.75 Å². The summed E-state index contributed by atoms with van der Waals surface area (Å²) in [6.45, 7) is 9.08. The van der Waals surface area contributed by atoms with Gasteiger partial charge >= 0.3 is 5.97 Å². The fourth-order valence-corrected chi connectivity index (χ4v) is 3.06. The van der Waals surface area contributed by atoms with Gasteiger partial charge in [0, 0.05) is 24.8 Å². The van der Waals surface area contributed by atoms with Crippen molar-refractivity contribution in [1.29, 1.82) is 0 Å². The maximum Gasteiger partial charge on any atom is 0.331 e. The summed E-state index contributed by atoms with van der Waals surface area (Å²) in [5.74, 6) is 1.02. The number of quaternary nitrogens is 1. The Kier molecular flexibility index (Phi) is 6.85. The lowest BCUT2D eigenvalue weighted by Gasteiger charge is -2.35. The maximum atomic E-state index is 12.1. The fourth-order valence-electron chi connectivity index (χ4n) is 3.06. The van der Waals surface area contributed by atoms with Crippen LogP contribution < -0.4 is 10.1 Å². The SMILES string of the molecule is CCCOc1ccc(/C=C/C(=O)OC(C)(C)C2CC[NH2+]CC2)cc1. The molecule has 0 aromatic heterocycles. The highest BCUT2D eigenvalue weighted by atomic mass is 16.6. The summed E-state index contributed by atoms with van der Waals surface area (Å²) in [5, 5.41) is 2.32. The second-order valence-electron chi connectivity index (χ2n) is 6.92. The summed E-state index contributed by atoms with van der Waals surface area (Å²) in [6, 6.07) is 7.72. The van der Waals surface area contributed by atoms with Gasteiger partial charge in [0.1, 0.15) is 11.4 Å². The molecule has 0 saturated carbocycles. The zero-order chi connectivity index (χ0) is 17.4. The number of nitrogens with two attached hydrogens (primary N) is 1. The van der Waals surface area contributed by atoms with E-state index in [-0.39, 0.29) is 5.97 Å². The highest BCUT2D eigenvalue weighted by Crippen LogP contribution is 2.28. The van der Waals surface area contributed by atoms with Crippen molar-refractivity contribution in [3.05, 3.63) is 35.9 Å². The number of carbonyl (C=O) groups is 1. The van der Waals surface area contributed by atoms with Gasteiger partial charge in [0.2, 0.25) is 0 Å². The van der Waals surface area contributed by atoms with Crippen LogP contribution in [-0.4, -0.2) is 31.3 Å². The first-order chi connectivity index (χ1) is 11.5. The molecule has 1 aromatic rings. The molecule has 1 aromatic carbocycles. The Morgan fingerprint density at radius 3 is 2.54 bits per heavy atom. The van der Waals surface area contributed by atoms with Gasteiger partial charge in [-0.25, -0.2) is 4.79 Å². The van der Waals surface area contributed by atoms with Crippen molar-refractivity contribution in [2.75, 3.05) is 19.7 Å². The van der Waals surface area contributed by atoms with Gasteiger partial charge in [-0.15, -0.1) is 0 Å². The van der Waals surface area contributed by atoms with Crippen molar-refractivity contribution in [2.45, 2.75) is 45.6 Å². The molecule has 0 spiro atoms. The molecule has 1 aliphatic heterocycles. The lowest BCUT2D eigenvalue weighted by molar-refractivity contribution is -0.665. The van der Waals surface area contributed by atoms with Crippen molar-refractivity contribution >= 4 is 12.0 Å². The number of esters is 1. The summed E-state index contributed by atoms with van der Waals surface area (Å²) in [4.78, 5) is 12.1. The van der Waals surface area contributed by atoms with Gasteiger partial charge in [0.15, 0.2) is 0 Å². The largest absolute Gasteiger partial charge is 0.494 e. The Morgan fingerprint density at radius 2 is 1.92 bits per heavy atom. The van der Waals surface area contributed by atoms with Gasteiger partial charge in [-0.05, 0) is 44.0 Å². The molecular formula is C20H30NO3+. The van der Waals surface area contributed by atoms with Gasteiger partial charge in [0.25, 0.3) is 0 Å². The summed E-state index contributed by atoms with van der Waals surface area (Å²) < 4.78 is 11.3. The van der Waals surface area contributed by atoms with Crippen LogP contribution in [0.2, 0.25) is 0 Å². The lowest BCUT2D eigenvalue weighted by Crippen LogP contribution is -2.86. The molecule has 24 heavy (non-hydrogen) atoms. The van der Waals surface area contributed by atoms with E-state index < -0.39 is 5.60 Å². The van der Waals surface area contributed by atoms with Crippen molar-refractivity contribution in [1.82, 2.24) is 0 Å². The Balaban J connectivity index is 1.87. The first-order valence-corrected chi connectivity index (χ1v) is 8.97. The Morgan fingerprint density at radius 1 is 1.25 bits per heavy atom. The molecule has 0 atom stereocenters. The molecule has 132 valence electrons. The van der Waals surface area contributed by atoms with Crippen LogP contribution in [-0.2, 0) is 9.53 Å². The predicted molar refractivity (Wildman–Crippen MR) is 95.8 cm³/mol. The smallest absolute Gasteiger partial charge is 0.331 e. The van der Waals surface area contributed by atoms with E-state index in [0.29, 0.717) is 5.92 Å². The minimum Gasteiger partial charge on any atom is -0.494 e. The molecule has 1 heterocycles. The summed E-state index contributed by atoms with van der Waals surface area (Å²) in [7, 11) is 0. The van der Waals surface area contributed by atoms with E-state index in [1.165, 1.54) is 6.08 Å². The van der Waals surface area contributed by atoms with E-state index in [2.05, 4.69) is 12.2 Å². The minimum atomic E-state index is -0.409. The normalized spacial score (nSPS) is 16.3. The standard InChI is InChI=1S/C20H29NO3/c1-4-15-23-18-8-5-16(6-9-18)7-10-19(22)24-20(2,3)17-11-13-21-14-12-17/h5-10,17,21H,4,11-15H2,1-3H3/p+1/b10-7+. The molecule has 1 fully saturated rings. The maximum absolute atomic E-state index is 12.1. The number of carbonyl (C=O) groups excluding carboxylic acids is 1. The van der Waals surface area contributed by atoms with Crippen molar-refractivity contribution in [2.24, 2.45) is 5.92 Å². The van der Waals surface area contributed by atoms with Crippen molar-refractivity contribution < 1.29 is 19.6 Å². The van der Waals surface area contributed by atoms with Crippen LogP contribution in [0.25, 0.3) is 6.08 Å². The monoisotopic (exact) mass is 332 g/mol. The van der Waals surface area contributed by atoms with Crippen LogP contribution >= 0.6 is 0 Å². The number of rotatable bonds is 7. The third-order valence-electron chi connectivity index (χ3n) is 4.55. The predicted octanol–water partition coefficient (Wildman–Crippen LogP) is 2.78. The number of piperidine rings is 1. The molecule has 0 amide bonds. The summed E-state index contributed by atoms with van der Waals surface area (Å²) >= 11 is 0. The molecule has 2 N–H and O–H groups in total. The first kappa shape index (κ1) is 18.5. The minimum absolute atomic E-state index is 0.277. The zero-order valence-corrected chi connectivity index (χ0v) is 15.1. The van der Waals surface area contributed by atoms with Gasteiger partial charge in [-0.3, -0.25) is 0 Å². The van der Waals surface area contributed by atoms with Crippen LogP contribution in [0.15, 0.2) is 30.3 Å². The van der Waals surface area contributed by atoms with Crippen LogP contribution in [0.1, 0.15) is 45.6 Å². The van der Waals surface area contributed by atoms with Crippen LogP contribution in [0, 0.1) is 5.92 Å². The highest BCUT2D eigenvalue weighted by molar-refractivity contribution is 5.87. The number of hydrogen-bond acceptors (Lipinski definition) is 3. The van der Waals surface area contributed by atoms with Crippen molar-refractivity contribution in [3.63, 3.8) is 0 Å². The lowest BCUT2D eigenvalue weighted by atomic mass is 9.83. The highest BCUT2D eigenvalue weighted by Gasteiger charge is 2.34. The first-order valence-electron chi connectivity index (χ1n) is 8.97. The topological polar surface area (TPSA) is 52.1 Å². The number of hydrogen-bond donors (Lipinski definition) is 1. The summed E-state index contributed by atoms with van der Waals surface area (Å²) in [5.41, 5.74) is 0.550. The molecule has 1 saturated heterocycles. The fraction of sp³-hybridized carbons (Fsp3) is 0.550. The third kappa shape index (κ3) is 5.68. The quantitative estimate of drug-likeness (QED) is 0.617. The van der Waals surface area contributed by atoms with E-state index in [0.717, 1.165) is 50.3 Å². The third-order valence-corrected chi connectivity index (χ3v) is 4.55. The van der Waals surface area contributed by atoms with Gasteiger partial charge in [-0.2, -0.15) is 0 Å². The van der Waals surface area contributed by atoms with E-state index >= 15 is 0 Å². The molecular weight excluding hydrogens is 302 g/mol. The molecule has 0 aliphatic carbocycles. The molecule has 4 heteroatoms. The van der Waals surface area contributed by atoms with Crippen molar-refractivity contribution in [3.8, 4) is 5.75 Å². The second kappa shape index (κ2) is 8.88. The van der Waals surface area contributed by atoms with Gasteiger partial charge in [0.05, 0.1) is 19.7 Å². The number of benzene rings is 1. The van der Waals surface area contributed by atoms with Crippen LogP contribution in [0.4, 0.5) is 0 Å². The summed E-state index contributed by atoms with van der Waals surface area (Å²) in [6.07, 6.45) is 6.49. The Bertz CT molecular complexity index is 543. The molecule has 0 radical (unpaired) electrons. The van der Waals surface area contributed by atoms with E-state index in [9.17, 15) is 4.79 Å². The molecule has 0 bridgehead atoms. The Labute approximate surface area is 145 Å². The molecule has 0 unspecified atom stereocenters. The molecule has 4 nitrogen and oxygen atoms in total. The van der Waals surface area contributed by atoms with E-state index in [4.69, 9.17) is 9.47 Å².